The number of aliphatic carboxylic acids is 1. The maximum absolute atomic E-state index is 12.2. The first kappa shape index (κ1) is 19.9. The summed E-state index contributed by atoms with van der Waals surface area (Å²) in [7, 11) is 1.47. The number of allylic oxidation sites excluding steroid dienone is 2. The van der Waals surface area contributed by atoms with Gasteiger partial charge in [-0.2, -0.15) is 0 Å². The lowest BCUT2D eigenvalue weighted by molar-refractivity contribution is -0.137. The summed E-state index contributed by atoms with van der Waals surface area (Å²) in [6.45, 7) is 1.83. The summed E-state index contributed by atoms with van der Waals surface area (Å²) in [5.41, 5.74) is 2.74. The number of benzene rings is 1. The molecule has 3 rings (SSSR count). The second-order valence-electron chi connectivity index (χ2n) is 7.27. The van der Waals surface area contributed by atoms with E-state index >= 15 is 0 Å². The van der Waals surface area contributed by atoms with Gasteiger partial charge in [-0.25, -0.2) is 9.59 Å². The van der Waals surface area contributed by atoms with Crippen LogP contribution < -0.4 is 4.74 Å². The molecule has 0 aromatic heterocycles. The fourth-order valence-corrected chi connectivity index (χ4v) is 4.34. The van der Waals surface area contributed by atoms with Crippen LogP contribution in [-0.4, -0.2) is 35.2 Å². The van der Waals surface area contributed by atoms with E-state index in [1.807, 2.05) is 6.08 Å². The third-order valence-electron chi connectivity index (χ3n) is 5.67. The highest BCUT2D eigenvalue weighted by atomic mass is 16.5. The number of fused-ring (bicyclic) bond motifs is 1. The predicted molar refractivity (Wildman–Crippen MR) is 99.8 cm³/mol. The molecule has 28 heavy (non-hydrogen) atoms. The van der Waals surface area contributed by atoms with Crippen LogP contribution in [0.25, 0.3) is 0 Å². The molecule has 1 fully saturated rings. The quantitative estimate of drug-likeness (QED) is 0.567. The highest BCUT2D eigenvalue weighted by molar-refractivity contribution is 6.07. The van der Waals surface area contributed by atoms with Crippen LogP contribution in [0.15, 0.2) is 11.6 Å². The monoisotopic (exact) mass is 388 g/mol. The molecule has 150 valence electrons. The Morgan fingerprint density at radius 3 is 2.68 bits per heavy atom. The molecule has 0 bridgehead atoms. The Bertz CT molecular complexity index is 866. The Balaban J connectivity index is 2.07. The number of aromatic carboxylic acids is 1. The maximum Gasteiger partial charge on any atom is 0.339 e. The van der Waals surface area contributed by atoms with Crippen molar-refractivity contribution in [3.63, 3.8) is 0 Å². The van der Waals surface area contributed by atoms with Crippen LogP contribution >= 0.6 is 0 Å². The SMILES string of the molecule is COc1c(C)c2c(c(C(=O)O)c1C/C=C1\CCCCC1CC(=O)O)C(=O)OC2. The lowest BCUT2D eigenvalue weighted by Crippen LogP contribution is -2.16. The molecule has 0 amide bonds. The number of hydrogen-bond acceptors (Lipinski definition) is 5. The van der Waals surface area contributed by atoms with Gasteiger partial charge in [0.15, 0.2) is 0 Å². The molecule has 0 radical (unpaired) electrons. The fraction of sp³-hybridized carbons (Fsp3) is 0.476. The Kier molecular flexibility index (Phi) is 5.72. The van der Waals surface area contributed by atoms with Crippen molar-refractivity contribution in [2.24, 2.45) is 5.92 Å². The predicted octanol–water partition coefficient (Wildman–Crippen LogP) is 3.51. The van der Waals surface area contributed by atoms with Crippen molar-refractivity contribution in [2.45, 2.75) is 52.1 Å². The zero-order valence-corrected chi connectivity index (χ0v) is 16.0. The number of cyclic esters (lactones) is 1. The molecule has 1 saturated carbocycles. The number of carboxylic acid groups (broad SMARTS) is 2. The third-order valence-corrected chi connectivity index (χ3v) is 5.67. The lowest BCUT2D eigenvalue weighted by Gasteiger charge is -2.24. The van der Waals surface area contributed by atoms with Crippen LogP contribution in [0.5, 0.6) is 5.75 Å². The molecular formula is C21H24O7. The van der Waals surface area contributed by atoms with Crippen LogP contribution in [0, 0.1) is 12.8 Å². The van der Waals surface area contributed by atoms with Crippen molar-refractivity contribution in [3.05, 3.63) is 39.5 Å². The maximum atomic E-state index is 12.2. The molecule has 7 heteroatoms. The first-order valence-corrected chi connectivity index (χ1v) is 9.38. The van der Waals surface area contributed by atoms with Gasteiger partial charge in [0.1, 0.15) is 12.4 Å². The number of carbonyl (C=O) groups is 3. The standard InChI is InChI=1S/C21H24O7/c1-11-15-10-28-21(26)18(15)17(20(24)25)14(19(11)27-2)8-7-12-5-3-4-6-13(12)9-16(22)23/h7,13H,3-6,8-10H2,1-2H3,(H,22,23)(H,24,25)/b12-7+. The average Bonchev–Trinajstić information content (AvgIpc) is 3.02. The number of rotatable bonds is 6. The molecule has 1 heterocycles. The summed E-state index contributed by atoms with van der Waals surface area (Å²) < 4.78 is 10.6. The van der Waals surface area contributed by atoms with Gasteiger partial charge < -0.3 is 19.7 Å². The number of methoxy groups -OCH3 is 1. The van der Waals surface area contributed by atoms with Crippen molar-refractivity contribution in [3.8, 4) is 5.75 Å². The molecule has 0 saturated heterocycles. The van der Waals surface area contributed by atoms with Gasteiger partial charge in [-0.15, -0.1) is 0 Å². The minimum Gasteiger partial charge on any atom is -0.496 e. The fourth-order valence-electron chi connectivity index (χ4n) is 4.34. The Morgan fingerprint density at radius 1 is 1.29 bits per heavy atom. The first-order chi connectivity index (χ1) is 13.3. The molecule has 1 aromatic rings. The van der Waals surface area contributed by atoms with Gasteiger partial charge >= 0.3 is 17.9 Å². The largest absolute Gasteiger partial charge is 0.496 e. The van der Waals surface area contributed by atoms with E-state index in [1.54, 1.807) is 6.92 Å². The van der Waals surface area contributed by atoms with E-state index in [-0.39, 0.29) is 36.5 Å². The van der Waals surface area contributed by atoms with Crippen molar-refractivity contribution in [2.75, 3.05) is 7.11 Å². The van der Waals surface area contributed by atoms with Gasteiger partial charge in [-0.1, -0.05) is 18.1 Å². The minimum atomic E-state index is -1.20. The third kappa shape index (κ3) is 3.61. The van der Waals surface area contributed by atoms with Gasteiger partial charge in [0.25, 0.3) is 0 Å². The van der Waals surface area contributed by atoms with Crippen molar-refractivity contribution in [1.82, 2.24) is 0 Å². The Labute approximate surface area is 163 Å². The van der Waals surface area contributed by atoms with Crippen LogP contribution in [0.4, 0.5) is 0 Å². The summed E-state index contributed by atoms with van der Waals surface area (Å²) in [4.78, 5) is 35.3. The number of carbonyl (C=O) groups excluding carboxylic acids is 1. The van der Waals surface area contributed by atoms with E-state index in [0.29, 0.717) is 22.4 Å². The van der Waals surface area contributed by atoms with E-state index in [9.17, 15) is 19.5 Å². The van der Waals surface area contributed by atoms with Gasteiger partial charge in [-0.05, 0) is 44.1 Å². The zero-order chi connectivity index (χ0) is 20.4. The molecule has 0 spiro atoms. The van der Waals surface area contributed by atoms with Crippen LogP contribution in [0.2, 0.25) is 0 Å². The summed E-state index contributed by atoms with van der Waals surface area (Å²) in [5.74, 6) is -2.26. The van der Waals surface area contributed by atoms with Gasteiger partial charge in [0, 0.05) is 11.1 Å². The van der Waals surface area contributed by atoms with E-state index in [0.717, 1.165) is 31.3 Å². The molecule has 1 atom stereocenters. The van der Waals surface area contributed by atoms with E-state index in [1.165, 1.54) is 7.11 Å². The molecule has 7 nitrogen and oxygen atoms in total. The Morgan fingerprint density at radius 2 is 2.04 bits per heavy atom. The molecule has 1 aliphatic carbocycles. The van der Waals surface area contributed by atoms with E-state index in [4.69, 9.17) is 14.6 Å². The molecule has 2 aliphatic rings. The second kappa shape index (κ2) is 8.04. The molecular weight excluding hydrogens is 364 g/mol. The highest BCUT2D eigenvalue weighted by Gasteiger charge is 2.34. The second-order valence-corrected chi connectivity index (χ2v) is 7.27. The van der Waals surface area contributed by atoms with Crippen molar-refractivity contribution < 1.29 is 34.1 Å². The van der Waals surface area contributed by atoms with Crippen LogP contribution in [0.1, 0.15) is 69.5 Å². The molecule has 2 N–H and O–H groups in total. The lowest BCUT2D eigenvalue weighted by atomic mass is 9.81. The molecule has 1 aliphatic heterocycles. The van der Waals surface area contributed by atoms with Gasteiger partial charge in [0.05, 0.1) is 24.7 Å². The summed E-state index contributed by atoms with van der Waals surface area (Å²) >= 11 is 0. The van der Waals surface area contributed by atoms with Gasteiger partial charge in [0.2, 0.25) is 0 Å². The van der Waals surface area contributed by atoms with E-state index < -0.39 is 17.9 Å². The first-order valence-electron chi connectivity index (χ1n) is 9.38. The molecule has 1 unspecified atom stereocenters. The summed E-state index contributed by atoms with van der Waals surface area (Å²) in [6, 6.07) is 0. The molecule has 1 aromatic carbocycles. The van der Waals surface area contributed by atoms with E-state index in [2.05, 4.69) is 0 Å². The van der Waals surface area contributed by atoms with Crippen molar-refractivity contribution >= 4 is 17.9 Å². The number of carboxylic acids is 2. The van der Waals surface area contributed by atoms with Gasteiger partial charge in [-0.3, -0.25) is 4.79 Å². The number of esters is 1. The minimum absolute atomic E-state index is 0.0361. The highest BCUT2D eigenvalue weighted by Crippen LogP contribution is 2.39. The Hall–Kier alpha value is -2.83. The van der Waals surface area contributed by atoms with Crippen LogP contribution in [-0.2, 0) is 22.6 Å². The number of ether oxygens (including phenoxy) is 2. The van der Waals surface area contributed by atoms with Crippen LogP contribution in [0.3, 0.4) is 0 Å². The smallest absolute Gasteiger partial charge is 0.339 e. The topological polar surface area (TPSA) is 110 Å². The zero-order valence-electron chi connectivity index (χ0n) is 16.0. The summed E-state index contributed by atoms with van der Waals surface area (Å²) in [5, 5.41) is 19.0. The number of hydrogen-bond donors (Lipinski definition) is 2. The summed E-state index contributed by atoms with van der Waals surface area (Å²) in [6.07, 6.45) is 5.85. The average molecular weight is 388 g/mol. The normalized spacial score (nSPS) is 20.0. The van der Waals surface area contributed by atoms with Crippen molar-refractivity contribution in [1.29, 1.82) is 0 Å².